The highest BCUT2D eigenvalue weighted by molar-refractivity contribution is 9.10. The summed E-state index contributed by atoms with van der Waals surface area (Å²) in [4.78, 5) is 12.0. The van der Waals surface area contributed by atoms with Crippen molar-refractivity contribution in [1.29, 1.82) is 0 Å². The Balaban J connectivity index is 1.86. The van der Waals surface area contributed by atoms with E-state index in [0.717, 1.165) is 20.2 Å². The molecule has 0 aliphatic heterocycles. The van der Waals surface area contributed by atoms with Crippen LogP contribution in [0, 0.1) is 0 Å². The molecule has 0 aromatic heterocycles. The van der Waals surface area contributed by atoms with Gasteiger partial charge in [0.05, 0.1) is 12.2 Å². The number of carbonyl (C=O) groups is 1. The number of hydrogen-bond donors (Lipinski definition) is 2. The van der Waals surface area contributed by atoms with Crippen LogP contribution >= 0.6 is 31.9 Å². The van der Waals surface area contributed by atoms with Crippen LogP contribution in [0.5, 0.6) is 0 Å². The van der Waals surface area contributed by atoms with Gasteiger partial charge in [-0.15, -0.1) is 0 Å². The Bertz CT molecular complexity index is 614. The number of halogens is 2. The SMILES string of the molecule is C[C@H](NCC(=O)Nc1ccccc1Br)c1ccc(Br)cc1. The molecule has 5 heteroatoms. The van der Waals surface area contributed by atoms with Crippen molar-refractivity contribution in [3.8, 4) is 0 Å². The van der Waals surface area contributed by atoms with Gasteiger partial charge in [-0.05, 0) is 52.7 Å². The minimum absolute atomic E-state index is 0.0640. The van der Waals surface area contributed by atoms with Crippen LogP contribution in [-0.2, 0) is 4.79 Å². The molecule has 3 nitrogen and oxygen atoms in total. The third kappa shape index (κ3) is 4.95. The second-order valence-electron chi connectivity index (χ2n) is 4.68. The third-order valence-electron chi connectivity index (χ3n) is 3.09. The van der Waals surface area contributed by atoms with Gasteiger partial charge in [0.15, 0.2) is 0 Å². The maximum Gasteiger partial charge on any atom is 0.238 e. The first-order chi connectivity index (χ1) is 10.1. The van der Waals surface area contributed by atoms with E-state index in [4.69, 9.17) is 0 Å². The highest BCUT2D eigenvalue weighted by atomic mass is 79.9. The van der Waals surface area contributed by atoms with E-state index in [2.05, 4.69) is 42.5 Å². The van der Waals surface area contributed by atoms with Crippen molar-refractivity contribution < 1.29 is 4.79 Å². The molecular formula is C16H16Br2N2O. The smallest absolute Gasteiger partial charge is 0.238 e. The van der Waals surface area contributed by atoms with Gasteiger partial charge in [0.1, 0.15) is 0 Å². The van der Waals surface area contributed by atoms with Gasteiger partial charge in [0.2, 0.25) is 5.91 Å². The van der Waals surface area contributed by atoms with Crippen LogP contribution in [0.3, 0.4) is 0 Å². The quantitative estimate of drug-likeness (QED) is 0.760. The molecule has 0 aliphatic carbocycles. The first-order valence-corrected chi connectivity index (χ1v) is 8.18. The molecule has 0 radical (unpaired) electrons. The topological polar surface area (TPSA) is 41.1 Å². The molecule has 0 saturated carbocycles. The molecule has 0 heterocycles. The van der Waals surface area contributed by atoms with Crippen molar-refractivity contribution >= 4 is 43.5 Å². The second-order valence-corrected chi connectivity index (χ2v) is 6.45. The van der Waals surface area contributed by atoms with Crippen molar-refractivity contribution in [2.45, 2.75) is 13.0 Å². The van der Waals surface area contributed by atoms with Crippen molar-refractivity contribution in [3.63, 3.8) is 0 Å². The summed E-state index contributed by atoms with van der Waals surface area (Å²) < 4.78 is 1.92. The van der Waals surface area contributed by atoms with Crippen LogP contribution in [0.15, 0.2) is 57.5 Å². The van der Waals surface area contributed by atoms with E-state index < -0.39 is 0 Å². The zero-order valence-corrected chi connectivity index (χ0v) is 14.7. The summed E-state index contributed by atoms with van der Waals surface area (Å²) >= 11 is 6.82. The second kappa shape index (κ2) is 7.73. The average Bonchev–Trinajstić information content (AvgIpc) is 2.48. The Hall–Kier alpha value is -1.17. The molecule has 110 valence electrons. The molecule has 21 heavy (non-hydrogen) atoms. The fourth-order valence-electron chi connectivity index (χ4n) is 1.87. The number of anilines is 1. The minimum Gasteiger partial charge on any atom is -0.324 e. The van der Waals surface area contributed by atoms with Gasteiger partial charge in [-0.1, -0.05) is 40.2 Å². The Morgan fingerprint density at radius 2 is 1.76 bits per heavy atom. The summed E-state index contributed by atoms with van der Waals surface area (Å²) in [6.45, 7) is 2.30. The van der Waals surface area contributed by atoms with Gasteiger partial charge < -0.3 is 10.6 Å². The minimum atomic E-state index is -0.0640. The van der Waals surface area contributed by atoms with E-state index in [1.54, 1.807) is 0 Å². The van der Waals surface area contributed by atoms with E-state index in [1.165, 1.54) is 0 Å². The number of nitrogens with one attached hydrogen (secondary N) is 2. The van der Waals surface area contributed by atoms with Gasteiger partial charge >= 0.3 is 0 Å². The maximum absolute atomic E-state index is 12.0. The zero-order valence-electron chi connectivity index (χ0n) is 11.6. The fourth-order valence-corrected chi connectivity index (χ4v) is 2.52. The highest BCUT2D eigenvalue weighted by Gasteiger charge is 2.09. The molecule has 2 N–H and O–H groups in total. The molecule has 2 aromatic rings. The zero-order chi connectivity index (χ0) is 15.2. The van der Waals surface area contributed by atoms with Crippen molar-refractivity contribution in [3.05, 3.63) is 63.0 Å². The lowest BCUT2D eigenvalue weighted by Crippen LogP contribution is -2.30. The summed E-state index contributed by atoms with van der Waals surface area (Å²) in [6, 6.07) is 15.7. The van der Waals surface area contributed by atoms with Gasteiger partial charge in [0, 0.05) is 15.0 Å². The van der Waals surface area contributed by atoms with Crippen molar-refractivity contribution in [1.82, 2.24) is 5.32 Å². The molecule has 0 fully saturated rings. The predicted molar refractivity (Wildman–Crippen MR) is 93.3 cm³/mol. The van der Waals surface area contributed by atoms with E-state index in [-0.39, 0.29) is 18.5 Å². The van der Waals surface area contributed by atoms with Gasteiger partial charge in [-0.2, -0.15) is 0 Å². The molecule has 2 rings (SSSR count). The number of amides is 1. The lowest BCUT2D eigenvalue weighted by Gasteiger charge is -2.14. The summed E-state index contributed by atoms with van der Waals surface area (Å²) in [5.41, 5.74) is 1.92. The van der Waals surface area contributed by atoms with Crippen LogP contribution in [-0.4, -0.2) is 12.5 Å². The van der Waals surface area contributed by atoms with Gasteiger partial charge in [-0.25, -0.2) is 0 Å². The third-order valence-corrected chi connectivity index (χ3v) is 4.31. The summed E-state index contributed by atoms with van der Waals surface area (Å²) in [5, 5.41) is 6.09. The summed E-state index contributed by atoms with van der Waals surface area (Å²) in [6.07, 6.45) is 0. The molecule has 0 bridgehead atoms. The number of carbonyl (C=O) groups excluding carboxylic acids is 1. The van der Waals surface area contributed by atoms with Crippen LogP contribution < -0.4 is 10.6 Å². The predicted octanol–water partition coefficient (Wildman–Crippen LogP) is 4.50. The largest absolute Gasteiger partial charge is 0.324 e. The molecular weight excluding hydrogens is 396 g/mol. The van der Waals surface area contributed by atoms with Crippen LogP contribution in [0.25, 0.3) is 0 Å². The summed E-state index contributed by atoms with van der Waals surface area (Å²) in [5.74, 6) is -0.0640. The van der Waals surface area contributed by atoms with Crippen LogP contribution in [0.4, 0.5) is 5.69 Å². The van der Waals surface area contributed by atoms with E-state index in [1.807, 2.05) is 55.5 Å². The lowest BCUT2D eigenvalue weighted by atomic mass is 10.1. The molecule has 0 saturated heterocycles. The lowest BCUT2D eigenvalue weighted by molar-refractivity contribution is -0.115. The van der Waals surface area contributed by atoms with Crippen LogP contribution in [0.2, 0.25) is 0 Å². The number of rotatable bonds is 5. The Kier molecular flexibility index (Phi) is 5.96. The highest BCUT2D eigenvalue weighted by Crippen LogP contribution is 2.21. The first kappa shape index (κ1) is 16.2. The molecule has 0 unspecified atom stereocenters. The molecule has 0 spiro atoms. The van der Waals surface area contributed by atoms with E-state index in [9.17, 15) is 4.79 Å². The Morgan fingerprint density at radius 1 is 1.10 bits per heavy atom. The van der Waals surface area contributed by atoms with Crippen molar-refractivity contribution in [2.75, 3.05) is 11.9 Å². The maximum atomic E-state index is 12.0. The molecule has 1 amide bonds. The molecule has 2 aromatic carbocycles. The standard InChI is InChI=1S/C16H16Br2N2O/c1-11(12-6-8-13(17)9-7-12)19-10-16(21)20-15-5-3-2-4-14(15)18/h2-9,11,19H,10H2,1H3,(H,20,21)/t11-/m0/s1. The molecule has 1 atom stereocenters. The normalized spacial score (nSPS) is 12.0. The van der Waals surface area contributed by atoms with E-state index in [0.29, 0.717) is 0 Å². The Morgan fingerprint density at radius 3 is 2.43 bits per heavy atom. The van der Waals surface area contributed by atoms with Crippen LogP contribution in [0.1, 0.15) is 18.5 Å². The fraction of sp³-hybridized carbons (Fsp3) is 0.188. The number of para-hydroxylation sites is 1. The number of benzene rings is 2. The van der Waals surface area contributed by atoms with E-state index >= 15 is 0 Å². The average molecular weight is 412 g/mol. The van der Waals surface area contributed by atoms with Gasteiger partial charge in [-0.3, -0.25) is 4.79 Å². The Labute approximate surface area is 141 Å². The monoisotopic (exact) mass is 410 g/mol. The summed E-state index contributed by atoms with van der Waals surface area (Å²) in [7, 11) is 0. The number of hydrogen-bond acceptors (Lipinski definition) is 2. The molecule has 0 aliphatic rings. The first-order valence-electron chi connectivity index (χ1n) is 6.59. The van der Waals surface area contributed by atoms with Crippen molar-refractivity contribution in [2.24, 2.45) is 0 Å². The van der Waals surface area contributed by atoms with Gasteiger partial charge in [0.25, 0.3) is 0 Å².